The van der Waals surface area contributed by atoms with Crippen LogP contribution < -0.4 is 10.6 Å². The van der Waals surface area contributed by atoms with Crippen molar-refractivity contribution in [2.75, 3.05) is 18.4 Å². The topological polar surface area (TPSA) is 95.6 Å². The van der Waals surface area contributed by atoms with E-state index in [1.807, 2.05) is 37.3 Å². The molecule has 1 aromatic carbocycles. The summed E-state index contributed by atoms with van der Waals surface area (Å²) in [4.78, 5) is 22.4. The first kappa shape index (κ1) is 21.5. The molecule has 4 aromatic rings. The molecule has 1 saturated heterocycles. The maximum atomic E-state index is 12.5. The van der Waals surface area contributed by atoms with Gasteiger partial charge in [-0.25, -0.2) is 4.98 Å². The highest BCUT2D eigenvalue weighted by Gasteiger charge is 2.18. The number of carbonyl (C=O) groups excluding carboxylic acids is 1. The van der Waals surface area contributed by atoms with Crippen LogP contribution in [0.4, 0.5) is 5.13 Å². The van der Waals surface area contributed by atoms with Crippen LogP contribution in [0.1, 0.15) is 36.3 Å². The predicted molar refractivity (Wildman–Crippen MR) is 134 cm³/mol. The lowest BCUT2D eigenvalue weighted by Gasteiger charge is -2.21. The number of nitrogens with zero attached hydrogens (tertiary/aromatic N) is 3. The number of carbonyl (C=O) groups is 1. The standard InChI is InChI=1S/C25H26N6OS/c1-16-24(33-25(28-16)29-23(32)13-17-5-4-11-26-15-17)18-7-9-20-21(30-31-22(20)14-18)10-8-19-6-2-3-12-27-19/h2-3,6-10,12,14,17,26H,4-5,11,13,15H2,1H3,(H,30,31)(H,28,29,32). The smallest absolute Gasteiger partial charge is 0.226 e. The average Bonchev–Trinajstić information content (AvgIpc) is 3.41. The van der Waals surface area contributed by atoms with E-state index in [0.717, 1.165) is 64.4 Å². The first-order valence-electron chi connectivity index (χ1n) is 11.2. The van der Waals surface area contributed by atoms with E-state index in [1.165, 1.54) is 11.3 Å². The molecule has 1 aliphatic heterocycles. The molecule has 1 unspecified atom stereocenters. The Hall–Kier alpha value is -3.36. The molecule has 5 rings (SSSR count). The summed E-state index contributed by atoms with van der Waals surface area (Å²) in [7, 11) is 0. The molecule has 4 heterocycles. The molecule has 7 nitrogen and oxygen atoms in total. The van der Waals surface area contributed by atoms with Crippen LogP contribution >= 0.6 is 11.3 Å². The van der Waals surface area contributed by atoms with E-state index in [1.54, 1.807) is 6.20 Å². The van der Waals surface area contributed by atoms with Crippen LogP contribution in [0, 0.1) is 12.8 Å². The Morgan fingerprint density at radius 3 is 3.03 bits per heavy atom. The minimum Gasteiger partial charge on any atom is -0.316 e. The van der Waals surface area contributed by atoms with Gasteiger partial charge in [-0.3, -0.25) is 14.9 Å². The molecule has 0 bridgehead atoms. The van der Waals surface area contributed by atoms with Crippen molar-refractivity contribution in [1.29, 1.82) is 0 Å². The number of amides is 1. The number of H-pyrrole nitrogens is 1. The van der Waals surface area contributed by atoms with E-state index in [0.29, 0.717) is 17.5 Å². The number of aromatic nitrogens is 4. The van der Waals surface area contributed by atoms with Crippen LogP contribution in [0.15, 0.2) is 42.6 Å². The van der Waals surface area contributed by atoms with Gasteiger partial charge in [0.25, 0.3) is 0 Å². The van der Waals surface area contributed by atoms with Gasteiger partial charge in [-0.1, -0.05) is 23.5 Å². The zero-order valence-corrected chi connectivity index (χ0v) is 19.3. The summed E-state index contributed by atoms with van der Waals surface area (Å²) in [6.45, 7) is 3.94. The first-order valence-corrected chi connectivity index (χ1v) is 12.0. The minimum atomic E-state index is 0.0392. The highest BCUT2D eigenvalue weighted by atomic mass is 32.1. The Balaban J connectivity index is 1.31. The van der Waals surface area contributed by atoms with Crippen LogP contribution in [0.5, 0.6) is 0 Å². The largest absolute Gasteiger partial charge is 0.316 e. The maximum Gasteiger partial charge on any atom is 0.226 e. The van der Waals surface area contributed by atoms with Gasteiger partial charge in [-0.15, -0.1) is 0 Å². The number of aryl methyl sites for hydroxylation is 1. The highest BCUT2D eigenvalue weighted by Crippen LogP contribution is 2.34. The number of rotatable bonds is 6. The number of anilines is 1. The summed E-state index contributed by atoms with van der Waals surface area (Å²) in [6, 6.07) is 12.0. The van der Waals surface area contributed by atoms with Crippen molar-refractivity contribution in [3.8, 4) is 10.4 Å². The Labute approximate surface area is 196 Å². The van der Waals surface area contributed by atoms with Gasteiger partial charge in [-0.2, -0.15) is 5.10 Å². The Bertz CT molecular complexity index is 1290. The fraction of sp³-hybridized carbons (Fsp3) is 0.280. The Morgan fingerprint density at radius 1 is 1.27 bits per heavy atom. The van der Waals surface area contributed by atoms with Crippen molar-refractivity contribution in [2.24, 2.45) is 5.92 Å². The molecule has 8 heteroatoms. The first-order chi connectivity index (χ1) is 16.2. The van der Waals surface area contributed by atoms with Crippen LogP contribution in [0.25, 0.3) is 33.5 Å². The second kappa shape index (κ2) is 9.64. The number of nitrogens with one attached hydrogen (secondary N) is 3. The number of aromatic amines is 1. The van der Waals surface area contributed by atoms with Crippen molar-refractivity contribution in [2.45, 2.75) is 26.2 Å². The molecular formula is C25H26N6OS. The van der Waals surface area contributed by atoms with E-state index >= 15 is 0 Å². The van der Waals surface area contributed by atoms with E-state index in [-0.39, 0.29) is 5.91 Å². The molecule has 3 N–H and O–H groups in total. The molecule has 33 heavy (non-hydrogen) atoms. The monoisotopic (exact) mass is 458 g/mol. The second-order valence-corrected chi connectivity index (χ2v) is 9.35. The van der Waals surface area contributed by atoms with Crippen molar-refractivity contribution in [3.05, 3.63) is 59.7 Å². The number of hydrogen-bond acceptors (Lipinski definition) is 6. The van der Waals surface area contributed by atoms with Gasteiger partial charge < -0.3 is 10.6 Å². The summed E-state index contributed by atoms with van der Waals surface area (Å²) < 4.78 is 0. The minimum absolute atomic E-state index is 0.0392. The third kappa shape index (κ3) is 5.02. The van der Waals surface area contributed by atoms with Crippen molar-refractivity contribution in [3.63, 3.8) is 0 Å². The summed E-state index contributed by atoms with van der Waals surface area (Å²) >= 11 is 1.51. The Kier molecular flexibility index (Phi) is 6.28. The number of thiazole rings is 1. The molecule has 1 fully saturated rings. The fourth-order valence-electron chi connectivity index (χ4n) is 4.20. The van der Waals surface area contributed by atoms with Crippen molar-refractivity contribution >= 4 is 45.4 Å². The van der Waals surface area contributed by atoms with Gasteiger partial charge in [0.1, 0.15) is 0 Å². The third-order valence-corrected chi connectivity index (χ3v) is 6.99. The molecule has 1 atom stereocenters. The van der Waals surface area contributed by atoms with Gasteiger partial charge in [0.05, 0.1) is 27.5 Å². The Morgan fingerprint density at radius 2 is 2.21 bits per heavy atom. The van der Waals surface area contributed by atoms with Gasteiger partial charge in [0, 0.05) is 18.0 Å². The van der Waals surface area contributed by atoms with Crippen LogP contribution in [-0.2, 0) is 4.79 Å². The van der Waals surface area contributed by atoms with Crippen molar-refractivity contribution < 1.29 is 4.79 Å². The molecule has 1 aliphatic rings. The van der Waals surface area contributed by atoms with E-state index in [2.05, 4.69) is 49.0 Å². The summed E-state index contributed by atoms with van der Waals surface area (Å²) in [5.41, 5.74) is 4.67. The number of hydrogen-bond donors (Lipinski definition) is 3. The van der Waals surface area contributed by atoms with Crippen LogP contribution in [0.3, 0.4) is 0 Å². The molecule has 0 radical (unpaired) electrons. The second-order valence-electron chi connectivity index (χ2n) is 8.36. The predicted octanol–water partition coefficient (Wildman–Crippen LogP) is 4.89. The van der Waals surface area contributed by atoms with E-state index < -0.39 is 0 Å². The maximum absolute atomic E-state index is 12.5. The van der Waals surface area contributed by atoms with Gasteiger partial charge in [0.2, 0.25) is 5.91 Å². The lowest BCUT2D eigenvalue weighted by molar-refractivity contribution is -0.117. The van der Waals surface area contributed by atoms with Gasteiger partial charge in [-0.05, 0) is 80.8 Å². The van der Waals surface area contributed by atoms with Crippen LogP contribution in [0.2, 0.25) is 0 Å². The highest BCUT2D eigenvalue weighted by molar-refractivity contribution is 7.19. The quantitative estimate of drug-likeness (QED) is 0.382. The number of piperidine rings is 1. The summed E-state index contributed by atoms with van der Waals surface area (Å²) in [5, 5.41) is 15.6. The molecule has 0 aliphatic carbocycles. The SMILES string of the molecule is Cc1nc(NC(=O)CC2CCCNC2)sc1-c1ccc2c(C=Cc3ccccn3)n[nH]c2c1. The number of fused-ring (bicyclic) bond motifs is 1. The lowest BCUT2D eigenvalue weighted by Crippen LogP contribution is -2.32. The van der Waals surface area contributed by atoms with Gasteiger partial charge in [0.15, 0.2) is 5.13 Å². The zero-order valence-electron chi connectivity index (χ0n) is 18.5. The fourth-order valence-corrected chi connectivity index (χ4v) is 5.18. The normalized spacial score (nSPS) is 16.5. The molecule has 168 valence electrons. The molecule has 1 amide bonds. The molecule has 0 saturated carbocycles. The molecule has 0 spiro atoms. The van der Waals surface area contributed by atoms with E-state index in [4.69, 9.17) is 0 Å². The van der Waals surface area contributed by atoms with Gasteiger partial charge >= 0.3 is 0 Å². The average molecular weight is 459 g/mol. The molecular weight excluding hydrogens is 432 g/mol. The lowest BCUT2D eigenvalue weighted by atomic mass is 9.96. The number of pyridine rings is 1. The van der Waals surface area contributed by atoms with Crippen LogP contribution in [-0.4, -0.2) is 39.2 Å². The van der Waals surface area contributed by atoms with Crippen molar-refractivity contribution in [1.82, 2.24) is 25.5 Å². The molecule has 3 aromatic heterocycles. The number of benzene rings is 1. The summed E-state index contributed by atoms with van der Waals surface area (Å²) in [6.07, 6.45) is 8.47. The van der Waals surface area contributed by atoms with E-state index in [9.17, 15) is 4.79 Å². The third-order valence-electron chi connectivity index (χ3n) is 5.87. The summed E-state index contributed by atoms with van der Waals surface area (Å²) in [5.74, 6) is 0.445. The zero-order chi connectivity index (χ0) is 22.6.